The Bertz CT molecular complexity index is 857. The van der Waals surface area contributed by atoms with E-state index in [0.717, 1.165) is 24.3 Å². The van der Waals surface area contributed by atoms with Crippen molar-refractivity contribution < 1.29 is 14.3 Å². The molecule has 1 fully saturated rings. The van der Waals surface area contributed by atoms with Gasteiger partial charge in [0.05, 0.1) is 0 Å². The van der Waals surface area contributed by atoms with E-state index in [1.165, 1.54) is 0 Å². The number of benzene rings is 2. The molecule has 0 atom stereocenters. The minimum atomic E-state index is -0.104. The van der Waals surface area contributed by atoms with Gasteiger partial charge in [0.25, 0.3) is 5.91 Å². The summed E-state index contributed by atoms with van der Waals surface area (Å²) >= 11 is 0. The van der Waals surface area contributed by atoms with Crippen LogP contribution in [-0.4, -0.2) is 80.1 Å². The highest BCUT2D eigenvalue weighted by Gasteiger charge is 2.22. The summed E-state index contributed by atoms with van der Waals surface area (Å²) < 4.78 is 5.77. The molecular weight excluding hydrogens is 392 g/mol. The molecule has 0 aromatic heterocycles. The predicted molar refractivity (Wildman–Crippen MR) is 121 cm³/mol. The molecule has 7 heteroatoms. The zero-order valence-electron chi connectivity index (χ0n) is 18.4. The van der Waals surface area contributed by atoms with E-state index < -0.39 is 0 Å². The first-order valence-corrected chi connectivity index (χ1v) is 10.8. The Labute approximate surface area is 184 Å². The number of urea groups is 1. The quantitative estimate of drug-likeness (QED) is 0.742. The van der Waals surface area contributed by atoms with Crippen molar-refractivity contribution in [3.05, 3.63) is 65.7 Å². The normalized spacial score (nSPS) is 14.3. The molecule has 0 aliphatic carbocycles. The third-order valence-electron chi connectivity index (χ3n) is 5.24. The molecule has 166 valence electrons. The number of carbonyl (C=O) groups is 2. The number of ether oxygens (including phenoxy) is 1. The van der Waals surface area contributed by atoms with Crippen LogP contribution in [0.25, 0.3) is 0 Å². The average molecular weight is 425 g/mol. The number of hydrogen-bond donors (Lipinski definition) is 1. The lowest BCUT2D eigenvalue weighted by atomic mass is 10.2. The van der Waals surface area contributed by atoms with Crippen molar-refractivity contribution in [3.8, 4) is 5.75 Å². The molecule has 2 aromatic rings. The minimum Gasteiger partial charge on any atom is -0.492 e. The SMILES string of the molecule is CN(C)CCOc1cccc(CNC(=O)N2CCCN(C(=O)c3ccccc3)CC2)c1. The van der Waals surface area contributed by atoms with Gasteiger partial charge in [-0.2, -0.15) is 0 Å². The molecule has 0 radical (unpaired) electrons. The van der Waals surface area contributed by atoms with E-state index in [0.29, 0.717) is 44.9 Å². The summed E-state index contributed by atoms with van der Waals surface area (Å²) in [5, 5.41) is 2.99. The fourth-order valence-electron chi connectivity index (χ4n) is 3.47. The fourth-order valence-corrected chi connectivity index (χ4v) is 3.47. The molecular formula is C24H32N4O3. The predicted octanol–water partition coefficient (Wildman–Crippen LogP) is 2.68. The molecule has 0 spiro atoms. The van der Waals surface area contributed by atoms with Crippen molar-refractivity contribution in [3.63, 3.8) is 0 Å². The van der Waals surface area contributed by atoms with Crippen LogP contribution < -0.4 is 10.1 Å². The van der Waals surface area contributed by atoms with Crippen molar-refractivity contribution in [1.82, 2.24) is 20.0 Å². The van der Waals surface area contributed by atoms with Crippen molar-refractivity contribution in [2.45, 2.75) is 13.0 Å². The Morgan fingerprint density at radius 2 is 1.71 bits per heavy atom. The van der Waals surface area contributed by atoms with Crippen LogP contribution in [0, 0.1) is 0 Å². The molecule has 3 rings (SSSR count). The molecule has 1 heterocycles. The highest BCUT2D eigenvalue weighted by molar-refractivity contribution is 5.94. The molecule has 1 N–H and O–H groups in total. The van der Waals surface area contributed by atoms with Crippen LogP contribution >= 0.6 is 0 Å². The van der Waals surface area contributed by atoms with Gasteiger partial charge in [-0.15, -0.1) is 0 Å². The zero-order chi connectivity index (χ0) is 22.1. The third-order valence-corrected chi connectivity index (χ3v) is 5.24. The van der Waals surface area contributed by atoms with Crippen molar-refractivity contribution in [2.75, 3.05) is 53.4 Å². The maximum Gasteiger partial charge on any atom is 0.317 e. The van der Waals surface area contributed by atoms with Gasteiger partial charge in [-0.1, -0.05) is 30.3 Å². The standard InChI is InChI=1S/C24H32N4O3/c1-26(2)16-17-31-22-11-6-8-20(18-22)19-25-24(30)28-13-7-12-27(14-15-28)23(29)21-9-4-3-5-10-21/h3-6,8-11,18H,7,12-17,19H2,1-2H3,(H,25,30). The Morgan fingerprint density at radius 3 is 2.48 bits per heavy atom. The molecule has 7 nitrogen and oxygen atoms in total. The second-order valence-corrected chi connectivity index (χ2v) is 7.96. The van der Waals surface area contributed by atoms with Crippen LogP contribution in [0.15, 0.2) is 54.6 Å². The van der Waals surface area contributed by atoms with E-state index in [2.05, 4.69) is 10.2 Å². The molecule has 0 bridgehead atoms. The van der Waals surface area contributed by atoms with Crippen LogP contribution in [0.2, 0.25) is 0 Å². The Kier molecular flexibility index (Phi) is 8.29. The lowest BCUT2D eigenvalue weighted by molar-refractivity contribution is 0.0762. The fraction of sp³-hybridized carbons (Fsp3) is 0.417. The summed E-state index contributed by atoms with van der Waals surface area (Å²) in [4.78, 5) is 31.0. The first-order chi connectivity index (χ1) is 15.0. The van der Waals surface area contributed by atoms with Gasteiger partial charge in [-0.25, -0.2) is 4.79 Å². The summed E-state index contributed by atoms with van der Waals surface area (Å²) in [5.41, 5.74) is 1.68. The number of nitrogens with one attached hydrogen (secondary N) is 1. The van der Waals surface area contributed by atoms with Gasteiger partial charge in [0.15, 0.2) is 0 Å². The van der Waals surface area contributed by atoms with E-state index in [9.17, 15) is 9.59 Å². The van der Waals surface area contributed by atoms with Crippen LogP contribution in [0.3, 0.4) is 0 Å². The van der Waals surface area contributed by atoms with Gasteiger partial charge in [0.1, 0.15) is 12.4 Å². The van der Waals surface area contributed by atoms with Gasteiger partial charge in [-0.05, 0) is 50.3 Å². The summed E-state index contributed by atoms with van der Waals surface area (Å²) in [6.07, 6.45) is 0.765. The molecule has 0 saturated carbocycles. The van der Waals surface area contributed by atoms with Crippen LogP contribution in [0.1, 0.15) is 22.3 Å². The van der Waals surface area contributed by atoms with E-state index >= 15 is 0 Å². The number of likely N-dealkylation sites (N-methyl/N-ethyl adjacent to an activating group) is 1. The highest BCUT2D eigenvalue weighted by atomic mass is 16.5. The number of amides is 3. The Morgan fingerprint density at radius 1 is 0.968 bits per heavy atom. The summed E-state index contributed by atoms with van der Waals surface area (Å²) in [6, 6.07) is 17.0. The summed E-state index contributed by atoms with van der Waals surface area (Å²) in [6.45, 7) is 4.26. The summed E-state index contributed by atoms with van der Waals surface area (Å²) in [5.74, 6) is 0.826. The summed E-state index contributed by atoms with van der Waals surface area (Å²) in [7, 11) is 4.02. The van der Waals surface area contributed by atoms with Gasteiger partial charge in [-0.3, -0.25) is 4.79 Å². The number of carbonyl (C=O) groups excluding carboxylic acids is 2. The van der Waals surface area contributed by atoms with Crippen LogP contribution in [0.4, 0.5) is 4.79 Å². The maximum absolute atomic E-state index is 12.7. The molecule has 2 aromatic carbocycles. The monoisotopic (exact) mass is 424 g/mol. The van der Waals surface area contributed by atoms with Gasteiger partial charge in [0, 0.05) is 44.8 Å². The van der Waals surface area contributed by atoms with E-state index in [4.69, 9.17) is 4.74 Å². The molecule has 31 heavy (non-hydrogen) atoms. The van der Waals surface area contributed by atoms with Crippen molar-refractivity contribution in [1.29, 1.82) is 0 Å². The average Bonchev–Trinajstić information content (AvgIpc) is 3.04. The highest BCUT2D eigenvalue weighted by Crippen LogP contribution is 2.14. The first kappa shape index (κ1) is 22.6. The molecule has 1 aliphatic rings. The molecule has 1 aliphatic heterocycles. The van der Waals surface area contributed by atoms with E-state index in [1.807, 2.05) is 73.6 Å². The maximum atomic E-state index is 12.7. The molecule has 1 saturated heterocycles. The first-order valence-electron chi connectivity index (χ1n) is 10.8. The lowest BCUT2D eigenvalue weighted by Crippen LogP contribution is -2.42. The second kappa shape index (κ2) is 11.4. The van der Waals surface area contributed by atoms with Crippen LogP contribution in [-0.2, 0) is 6.54 Å². The lowest BCUT2D eigenvalue weighted by Gasteiger charge is -2.22. The van der Waals surface area contributed by atoms with Crippen molar-refractivity contribution >= 4 is 11.9 Å². The van der Waals surface area contributed by atoms with Gasteiger partial charge >= 0.3 is 6.03 Å². The van der Waals surface area contributed by atoms with Gasteiger partial charge < -0.3 is 24.8 Å². The number of rotatable bonds is 7. The van der Waals surface area contributed by atoms with E-state index in [-0.39, 0.29) is 11.9 Å². The third kappa shape index (κ3) is 7.00. The van der Waals surface area contributed by atoms with Crippen molar-refractivity contribution in [2.24, 2.45) is 0 Å². The second-order valence-electron chi connectivity index (χ2n) is 7.96. The largest absolute Gasteiger partial charge is 0.492 e. The van der Waals surface area contributed by atoms with E-state index in [1.54, 1.807) is 4.90 Å². The molecule has 3 amide bonds. The number of nitrogens with zero attached hydrogens (tertiary/aromatic N) is 3. The van der Waals surface area contributed by atoms with Gasteiger partial charge in [0.2, 0.25) is 0 Å². The smallest absolute Gasteiger partial charge is 0.317 e. The molecule has 0 unspecified atom stereocenters. The number of hydrogen-bond acceptors (Lipinski definition) is 4. The minimum absolute atomic E-state index is 0.0222. The Balaban J connectivity index is 1.47. The zero-order valence-corrected chi connectivity index (χ0v) is 18.4. The Hall–Kier alpha value is -3.06. The topological polar surface area (TPSA) is 65.1 Å². The van der Waals surface area contributed by atoms with Crippen LogP contribution in [0.5, 0.6) is 5.75 Å².